The second-order valence-electron chi connectivity index (χ2n) is 8.00. The lowest BCUT2D eigenvalue weighted by molar-refractivity contribution is 0.179. The van der Waals surface area contributed by atoms with Gasteiger partial charge in [0.1, 0.15) is 6.61 Å². The second-order valence-corrected chi connectivity index (χ2v) is 8.73. The fourth-order valence-electron chi connectivity index (χ4n) is 4.48. The van der Waals surface area contributed by atoms with E-state index >= 15 is 0 Å². The van der Waals surface area contributed by atoms with Crippen molar-refractivity contribution in [1.82, 2.24) is 18.9 Å². The van der Waals surface area contributed by atoms with Crippen LogP contribution in [0.2, 0.25) is 0 Å². The maximum absolute atomic E-state index is 12.9. The average molecular weight is 427 g/mol. The molecule has 0 N–H and O–H groups in total. The van der Waals surface area contributed by atoms with E-state index in [1.807, 2.05) is 16.7 Å². The van der Waals surface area contributed by atoms with Gasteiger partial charge in [-0.2, -0.15) is 4.37 Å². The van der Waals surface area contributed by atoms with Crippen LogP contribution in [0.1, 0.15) is 37.5 Å². The van der Waals surface area contributed by atoms with Crippen molar-refractivity contribution in [2.75, 3.05) is 43.1 Å². The zero-order valence-electron chi connectivity index (χ0n) is 17.2. The van der Waals surface area contributed by atoms with Crippen molar-refractivity contribution < 1.29 is 4.74 Å². The highest BCUT2D eigenvalue weighted by molar-refractivity contribution is 7.09. The molecule has 0 amide bonds. The molecule has 30 heavy (non-hydrogen) atoms. The number of fused-ring (bicyclic) bond motifs is 1. The summed E-state index contributed by atoms with van der Waals surface area (Å²) in [6, 6.07) is 6.36. The third-order valence-corrected chi connectivity index (χ3v) is 6.95. The number of ether oxygens (including phenoxy) is 1. The van der Waals surface area contributed by atoms with Crippen molar-refractivity contribution >= 4 is 33.3 Å². The van der Waals surface area contributed by atoms with Crippen molar-refractivity contribution in [2.24, 2.45) is 0 Å². The first-order valence-corrected chi connectivity index (χ1v) is 11.3. The van der Waals surface area contributed by atoms with Gasteiger partial charge in [0.2, 0.25) is 5.13 Å². The van der Waals surface area contributed by atoms with Gasteiger partial charge in [-0.25, -0.2) is 9.97 Å². The molecule has 2 aromatic heterocycles. The summed E-state index contributed by atoms with van der Waals surface area (Å²) >= 11 is 1.43. The molecule has 1 saturated heterocycles. The van der Waals surface area contributed by atoms with Crippen LogP contribution in [0.25, 0.3) is 10.9 Å². The van der Waals surface area contributed by atoms with Crippen LogP contribution in [0.4, 0.5) is 10.8 Å². The van der Waals surface area contributed by atoms with Crippen LogP contribution in [0.15, 0.2) is 29.3 Å². The van der Waals surface area contributed by atoms with Crippen LogP contribution in [-0.4, -0.2) is 52.2 Å². The molecule has 158 valence electrons. The predicted molar refractivity (Wildman–Crippen MR) is 119 cm³/mol. The fourth-order valence-corrected chi connectivity index (χ4v) is 5.20. The predicted octanol–water partition coefficient (Wildman–Crippen LogP) is 2.84. The van der Waals surface area contributed by atoms with E-state index in [0.29, 0.717) is 18.0 Å². The molecule has 5 rings (SSSR count). The minimum absolute atomic E-state index is 0.0893. The van der Waals surface area contributed by atoms with E-state index in [1.165, 1.54) is 24.4 Å². The second kappa shape index (κ2) is 8.31. The number of piperazine rings is 1. The van der Waals surface area contributed by atoms with Crippen LogP contribution >= 0.6 is 11.5 Å². The number of rotatable bonds is 5. The Labute approximate surface area is 179 Å². The van der Waals surface area contributed by atoms with E-state index in [0.717, 1.165) is 61.2 Å². The van der Waals surface area contributed by atoms with Gasteiger partial charge in [-0.05, 0) is 31.0 Å². The van der Waals surface area contributed by atoms with Crippen LogP contribution in [0.3, 0.4) is 0 Å². The molecular formula is C21H26N6O2S. The van der Waals surface area contributed by atoms with E-state index in [1.54, 1.807) is 13.4 Å². The summed E-state index contributed by atoms with van der Waals surface area (Å²) < 4.78 is 11.3. The number of hydrogen-bond donors (Lipinski definition) is 0. The number of anilines is 2. The molecule has 0 atom stereocenters. The Morgan fingerprint density at radius 3 is 2.67 bits per heavy atom. The van der Waals surface area contributed by atoms with Gasteiger partial charge >= 0.3 is 0 Å². The number of methoxy groups -OCH3 is 1. The van der Waals surface area contributed by atoms with Crippen molar-refractivity contribution in [1.29, 1.82) is 0 Å². The minimum Gasteiger partial charge on any atom is -0.377 e. The quantitative estimate of drug-likeness (QED) is 0.621. The molecule has 3 heterocycles. The average Bonchev–Trinajstić information content (AvgIpc) is 3.47. The Bertz CT molecular complexity index is 1080. The highest BCUT2D eigenvalue weighted by atomic mass is 32.1. The molecule has 2 aliphatic rings. The largest absolute Gasteiger partial charge is 0.377 e. The minimum atomic E-state index is 0.0893. The van der Waals surface area contributed by atoms with E-state index in [9.17, 15) is 4.79 Å². The van der Waals surface area contributed by atoms with Gasteiger partial charge in [-0.15, -0.1) is 0 Å². The van der Waals surface area contributed by atoms with Crippen molar-refractivity contribution in [3.05, 3.63) is 40.7 Å². The van der Waals surface area contributed by atoms with Crippen LogP contribution in [0.5, 0.6) is 0 Å². The lowest BCUT2D eigenvalue weighted by atomic mass is 10.1. The summed E-state index contributed by atoms with van der Waals surface area (Å²) in [4.78, 5) is 26.7. The summed E-state index contributed by atoms with van der Waals surface area (Å²) in [5, 5.41) is 1.67. The third kappa shape index (κ3) is 3.67. The molecule has 0 radical (unpaired) electrons. The Morgan fingerprint density at radius 2 is 1.90 bits per heavy atom. The zero-order valence-corrected chi connectivity index (χ0v) is 18.0. The van der Waals surface area contributed by atoms with E-state index in [-0.39, 0.29) is 5.56 Å². The summed E-state index contributed by atoms with van der Waals surface area (Å²) in [6.07, 6.45) is 6.30. The molecule has 1 aliphatic heterocycles. The first kappa shape index (κ1) is 19.4. The standard InChI is InChI=1S/C21H26N6O2S/c1-29-13-19-23-21(30-24-19)26-10-8-25(9-11-26)16-6-7-17-18(12-16)22-14-27(20(17)28)15-4-2-3-5-15/h6-7,12,14-15H,2-5,8-11,13H2,1H3. The van der Waals surface area contributed by atoms with Crippen molar-refractivity contribution in [3.8, 4) is 0 Å². The lowest BCUT2D eigenvalue weighted by Gasteiger charge is -2.35. The van der Waals surface area contributed by atoms with Gasteiger partial charge in [-0.3, -0.25) is 9.36 Å². The Kier molecular flexibility index (Phi) is 5.39. The molecule has 1 aromatic carbocycles. The molecule has 0 spiro atoms. The maximum atomic E-state index is 12.9. The third-order valence-electron chi connectivity index (χ3n) is 6.13. The summed E-state index contributed by atoms with van der Waals surface area (Å²) in [5.41, 5.74) is 1.99. The van der Waals surface area contributed by atoms with Crippen LogP contribution in [-0.2, 0) is 11.3 Å². The first-order valence-electron chi connectivity index (χ1n) is 10.6. The Morgan fingerprint density at radius 1 is 1.13 bits per heavy atom. The number of aromatic nitrogens is 4. The first-order chi connectivity index (χ1) is 14.7. The molecule has 0 bridgehead atoms. The molecule has 9 heteroatoms. The smallest absolute Gasteiger partial charge is 0.261 e. The van der Waals surface area contributed by atoms with Gasteiger partial charge in [0.25, 0.3) is 5.56 Å². The van der Waals surface area contributed by atoms with E-state index in [4.69, 9.17) is 4.74 Å². The topological polar surface area (TPSA) is 76.4 Å². The number of hydrogen-bond acceptors (Lipinski definition) is 8. The summed E-state index contributed by atoms with van der Waals surface area (Å²) in [6.45, 7) is 4.00. The highest BCUT2D eigenvalue weighted by Crippen LogP contribution is 2.29. The van der Waals surface area contributed by atoms with Gasteiger partial charge in [0.15, 0.2) is 5.82 Å². The van der Waals surface area contributed by atoms with Gasteiger partial charge in [0, 0.05) is 56.6 Å². The summed E-state index contributed by atoms with van der Waals surface area (Å²) in [7, 11) is 1.65. The summed E-state index contributed by atoms with van der Waals surface area (Å²) in [5.74, 6) is 0.740. The molecule has 2 fully saturated rings. The van der Waals surface area contributed by atoms with E-state index in [2.05, 4.69) is 30.2 Å². The molecular weight excluding hydrogens is 400 g/mol. The van der Waals surface area contributed by atoms with Gasteiger partial charge in [-0.1, -0.05) is 12.8 Å². The zero-order chi connectivity index (χ0) is 20.5. The molecule has 1 aliphatic carbocycles. The number of nitrogens with zero attached hydrogens (tertiary/aromatic N) is 6. The van der Waals surface area contributed by atoms with Crippen molar-refractivity contribution in [2.45, 2.75) is 38.3 Å². The van der Waals surface area contributed by atoms with E-state index < -0.39 is 0 Å². The fraction of sp³-hybridized carbons (Fsp3) is 0.524. The molecule has 1 saturated carbocycles. The number of benzene rings is 1. The normalized spacial score (nSPS) is 17.9. The SMILES string of the molecule is COCc1nsc(N2CCN(c3ccc4c(=O)n(C5CCCC5)cnc4c3)CC2)n1. The van der Waals surface area contributed by atoms with Crippen LogP contribution < -0.4 is 15.4 Å². The lowest BCUT2D eigenvalue weighted by Crippen LogP contribution is -2.46. The molecule has 8 nitrogen and oxygen atoms in total. The monoisotopic (exact) mass is 426 g/mol. The maximum Gasteiger partial charge on any atom is 0.261 e. The van der Waals surface area contributed by atoms with Gasteiger partial charge < -0.3 is 14.5 Å². The Balaban J connectivity index is 1.30. The molecule has 3 aromatic rings. The highest BCUT2D eigenvalue weighted by Gasteiger charge is 2.22. The molecule has 0 unspecified atom stereocenters. The van der Waals surface area contributed by atoms with Crippen molar-refractivity contribution in [3.63, 3.8) is 0 Å². The van der Waals surface area contributed by atoms with Gasteiger partial charge in [0.05, 0.1) is 17.2 Å². The Hall–Kier alpha value is -2.52. The van der Waals surface area contributed by atoms with Crippen LogP contribution in [0, 0.1) is 0 Å².